The SMILES string of the molecule is CCN(CCCNS(=O)(=O)CCC(=O)O)S(C)(=O)=O. The number of carboxylic acid groups (broad SMARTS) is 1. The van der Waals surface area contributed by atoms with Crippen molar-refractivity contribution < 1.29 is 26.7 Å². The standard InChI is InChI=1S/C9H20N2O6S2/c1-3-11(18(2,14)15)7-4-6-10-19(16,17)8-5-9(12)13/h10H,3-8H2,1-2H3,(H,12,13). The van der Waals surface area contributed by atoms with Crippen LogP contribution < -0.4 is 4.72 Å². The fraction of sp³-hybridized carbons (Fsp3) is 0.889. The predicted molar refractivity (Wildman–Crippen MR) is 70.8 cm³/mol. The maximum Gasteiger partial charge on any atom is 0.304 e. The molecule has 2 N–H and O–H groups in total. The molecule has 8 nitrogen and oxygen atoms in total. The van der Waals surface area contributed by atoms with Crippen LogP contribution in [0.2, 0.25) is 0 Å². The van der Waals surface area contributed by atoms with Crippen molar-refractivity contribution in [3.8, 4) is 0 Å². The van der Waals surface area contributed by atoms with Crippen molar-refractivity contribution in [3.63, 3.8) is 0 Å². The molecule has 19 heavy (non-hydrogen) atoms. The van der Waals surface area contributed by atoms with Gasteiger partial charge >= 0.3 is 5.97 Å². The van der Waals surface area contributed by atoms with E-state index in [1.807, 2.05) is 0 Å². The Balaban J connectivity index is 4.07. The van der Waals surface area contributed by atoms with E-state index in [4.69, 9.17) is 5.11 Å². The van der Waals surface area contributed by atoms with Gasteiger partial charge in [-0.2, -0.15) is 0 Å². The number of rotatable bonds is 10. The van der Waals surface area contributed by atoms with Gasteiger partial charge in [-0.15, -0.1) is 0 Å². The van der Waals surface area contributed by atoms with Crippen LogP contribution in [0.3, 0.4) is 0 Å². The Bertz CT molecular complexity index is 485. The number of aliphatic carboxylic acids is 1. The maximum absolute atomic E-state index is 11.3. The first kappa shape index (κ1) is 18.3. The van der Waals surface area contributed by atoms with E-state index >= 15 is 0 Å². The van der Waals surface area contributed by atoms with Gasteiger partial charge in [0, 0.05) is 19.6 Å². The van der Waals surface area contributed by atoms with E-state index in [1.54, 1.807) is 6.92 Å². The maximum atomic E-state index is 11.3. The summed E-state index contributed by atoms with van der Waals surface area (Å²) in [6, 6.07) is 0. The van der Waals surface area contributed by atoms with Crippen LogP contribution in [0.25, 0.3) is 0 Å². The Morgan fingerprint density at radius 1 is 1.26 bits per heavy atom. The second-order valence-corrected chi connectivity index (χ2v) is 7.87. The van der Waals surface area contributed by atoms with E-state index in [1.165, 1.54) is 4.31 Å². The van der Waals surface area contributed by atoms with Crippen molar-refractivity contribution in [2.75, 3.05) is 31.6 Å². The Morgan fingerprint density at radius 3 is 2.26 bits per heavy atom. The van der Waals surface area contributed by atoms with Gasteiger partial charge in [-0.3, -0.25) is 4.79 Å². The van der Waals surface area contributed by atoms with Crippen molar-refractivity contribution in [1.29, 1.82) is 0 Å². The molecule has 0 fully saturated rings. The Hall–Kier alpha value is -0.710. The normalized spacial score (nSPS) is 12.8. The molecule has 0 saturated heterocycles. The van der Waals surface area contributed by atoms with Gasteiger partial charge in [-0.25, -0.2) is 25.9 Å². The summed E-state index contributed by atoms with van der Waals surface area (Å²) in [5.74, 6) is -1.66. The molecular formula is C9H20N2O6S2. The third kappa shape index (κ3) is 8.92. The minimum absolute atomic E-state index is 0.0774. The zero-order valence-corrected chi connectivity index (χ0v) is 12.6. The summed E-state index contributed by atoms with van der Waals surface area (Å²) in [5.41, 5.74) is 0. The minimum atomic E-state index is -3.62. The lowest BCUT2D eigenvalue weighted by Crippen LogP contribution is -2.34. The summed E-state index contributed by atoms with van der Waals surface area (Å²) in [4.78, 5) is 10.2. The Labute approximate surface area is 113 Å². The van der Waals surface area contributed by atoms with Gasteiger partial charge in [0.25, 0.3) is 0 Å². The molecule has 0 aliphatic carbocycles. The van der Waals surface area contributed by atoms with Crippen molar-refractivity contribution in [1.82, 2.24) is 9.03 Å². The fourth-order valence-electron chi connectivity index (χ4n) is 1.34. The van der Waals surface area contributed by atoms with Crippen LogP contribution >= 0.6 is 0 Å². The summed E-state index contributed by atoms with van der Waals surface area (Å²) >= 11 is 0. The molecular weight excluding hydrogens is 296 g/mol. The first-order valence-electron chi connectivity index (χ1n) is 5.72. The van der Waals surface area contributed by atoms with Gasteiger partial charge in [0.05, 0.1) is 18.4 Å². The van der Waals surface area contributed by atoms with Crippen LogP contribution in [-0.2, 0) is 24.8 Å². The second-order valence-electron chi connectivity index (χ2n) is 3.97. The molecule has 0 saturated carbocycles. The molecule has 0 aromatic rings. The number of carboxylic acids is 1. The van der Waals surface area contributed by atoms with E-state index in [-0.39, 0.29) is 13.1 Å². The lowest BCUT2D eigenvalue weighted by molar-refractivity contribution is -0.136. The topological polar surface area (TPSA) is 121 Å². The fourth-order valence-corrected chi connectivity index (χ4v) is 3.31. The summed E-state index contributed by atoms with van der Waals surface area (Å²) in [5, 5.41) is 8.38. The average molecular weight is 316 g/mol. The summed E-state index contributed by atoms with van der Waals surface area (Å²) < 4.78 is 48.7. The molecule has 0 unspecified atom stereocenters. The van der Waals surface area contributed by atoms with Crippen LogP contribution in [0.15, 0.2) is 0 Å². The molecule has 0 amide bonds. The van der Waals surface area contributed by atoms with Gasteiger partial charge in [0.15, 0.2) is 0 Å². The molecule has 0 aromatic carbocycles. The van der Waals surface area contributed by atoms with Crippen molar-refractivity contribution >= 4 is 26.0 Å². The third-order valence-electron chi connectivity index (χ3n) is 2.31. The number of carbonyl (C=O) groups is 1. The van der Waals surface area contributed by atoms with Gasteiger partial charge in [0.1, 0.15) is 0 Å². The second kappa shape index (κ2) is 7.78. The molecule has 0 atom stereocenters. The lowest BCUT2D eigenvalue weighted by Gasteiger charge is -2.17. The number of hydrogen-bond donors (Lipinski definition) is 2. The highest BCUT2D eigenvalue weighted by Gasteiger charge is 2.15. The van der Waals surface area contributed by atoms with E-state index in [0.717, 1.165) is 6.26 Å². The molecule has 10 heteroatoms. The minimum Gasteiger partial charge on any atom is -0.481 e. The number of sulfonamides is 2. The van der Waals surface area contributed by atoms with Crippen molar-refractivity contribution in [2.24, 2.45) is 0 Å². The molecule has 114 valence electrons. The highest BCUT2D eigenvalue weighted by atomic mass is 32.2. The van der Waals surface area contributed by atoms with E-state index in [0.29, 0.717) is 13.0 Å². The monoisotopic (exact) mass is 316 g/mol. The van der Waals surface area contributed by atoms with Crippen LogP contribution in [0.4, 0.5) is 0 Å². The molecule has 0 spiro atoms. The Morgan fingerprint density at radius 2 is 1.84 bits per heavy atom. The van der Waals surface area contributed by atoms with Gasteiger partial charge in [0.2, 0.25) is 20.0 Å². The summed E-state index contributed by atoms with van der Waals surface area (Å²) in [6.45, 7) is 2.31. The van der Waals surface area contributed by atoms with Crippen molar-refractivity contribution in [3.05, 3.63) is 0 Å². The highest BCUT2D eigenvalue weighted by molar-refractivity contribution is 7.89. The largest absolute Gasteiger partial charge is 0.481 e. The quantitative estimate of drug-likeness (QED) is 0.501. The van der Waals surface area contributed by atoms with Crippen LogP contribution in [-0.4, -0.2) is 63.9 Å². The first-order chi connectivity index (χ1) is 8.58. The summed E-state index contributed by atoms with van der Waals surface area (Å²) in [7, 11) is -6.89. The lowest BCUT2D eigenvalue weighted by atomic mass is 10.4. The zero-order valence-electron chi connectivity index (χ0n) is 11.0. The molecule has 0 heterocycles. The number of hydrogen-bond acceptors (Lipinski definition) is 5. The van der Waals surface area contributed by atoms with Crippen LogP contribution in [0.5, 0.6) is 0 Å². The average Bonchev–Trinajstić information content (AvgIpc) is 2.24. The molecule has 0 bridgehead atoms. The molecule has 0 radical (unpaired) electrons. The van der Waals surface area contributed by atoms with Crippen molar-refractivity contribution in [2.45, 2.75) is 19.8 Å². The first-order valence-corrected chi connectivity index (χ1v) is 9.23. The van der Waals surface area contributed by atoms with E-state index in [9.17, 15) is 21.6 Å². The predicted octanol–water partition coefficient (Wildman–Crippen LogP) is -0.948. The van der Waals surface area contributed by atoms with E-state index < -0.39 is 38.2 Å². The van der Waals surface area contributed by atoms with Gasteiger partial charge in [-0.05, 0) is 6.42 Å². The third-order valence-corrected chi connectivity index (χ3v) is 5.08. The highest BCUT2D eigenvalue weighted by Crippen LogP contribution is 1.99. The molecule has 0 aliphatic heterocycles. The number of nitrogens with zero attached hydrogens (tertiary/aromatic N) is 1. The number of nitrogens with one attached hydrogen (secondary N) is 1. The molecule has 0 rings (SSSR count). The van der Waals surface area contributed by atoms with Gasteiger partial charge in [-0.1, -0.05) is 6.92 Å². The smallest absolute Gasteiger partial charge is 0.304 e. The Kier molecular flexibility index (Phi) is 7.49. The van der Waals surface area contributed by atoms with Crippen LogP contribution in [0.1, 0.15) is 19.8 Å². The van der Waals surface area contributed by atoms with Crippen LogP contribution in [0, 0.1) is 0 Å². The zero-order chi connectivity index (χ0) is 15.1. The van der Waals surface area contributed by atoms with E-state index in [2.05, 4.69) is 4.72 Å². The molecule has 0 aromatic heterocycles. The molecule has 0 aliphatic rings. The van der Waals surface area contributed by atoms with Gasteiger partial charge < -0.3 is 5.11 Å². The summed E-state index contributed by atoms with van der Waals surface area (Å²) in [6.07, 6.45) is 0.959.